The highest BCUT2D eigenvalue weighted by molar-refractivity contribution is 6.25. The number of nitrogens with zero attached hydrogens (tertiary/aromatic N) is 1. The first kappa shape index (κ1) is 25.9. The monoisotopic (exact) mass is 500 g/mol. The van der Waals surface area contributed by atoms with Crippen LogP contribution in [0.3, 0.4) is 0 Å². The minimum Gasteiger partial charge on any atom is -0.508 e. The lowest BCUT2D eigenvalue weighted by Crippen LogP contribution is -2.70. The first-order chi connectivity index (χ1) is 16.6. The molecule has 1 fully saturated rings. The number of ketones is 2. The number of benzene rings is 1. The van der Waals surface area contributed by atoms with E-state index < -0.39 is 75.6 Å². The third-order valence-electron chi connectivity index (χ3n) is 7.46. The number of hydrogen-bond donors (Lipinski definition) is 6. The van der Waals surface area contributed by atoms with E-state index in [0.717, 1.165) is 0 Å². The number of fused-ring (bicyclic) bond motifs is 3. The van der Waals surface area contributed by atoms with Gasteiger partial charge in [-0.1, -0.05) is 19.1 Å². The van der Waals surface area contributed by atoms with Gasteiger partial charge in [-0.05, 0) is 52.4 Å². The van der Waals surface area contributed by atoms with Gasteiger partial charge >= 0.3 is 0 Å². The summed E-state index contributed by atoms with van der Waals surface area (Å²) in [5, 5.41) is 58.7. The van der Waals surface area contributed by atoms with Gasteiger partial charge in [-0.2, -0.15) is 0 Å². The second-order valence-electron chi connectivity index (χ2n) is 11.1. The smallest absolute Gasteiger partial charge is 0.258 e. The van der Waals surface area contributed by atoms with Gasteiger partial charge in [0.15, 0.2) is 11.4 Å². The highest BCUT2D eigenvalue weighted by atomic mass is 16.4. The summed E-state index contributed by atoms with van der Waals surface area (Å²) in [6.45, 7) is 6.68. The first-order valence-corrected chi connectivity index (χ1v) is 11.7. The Morgan fingerprint density at radius 1 is 1.11 bits per heavy atom. The molecule has 0 unspecified atom stereocenters. The van der Waals surface area contributed by atoms with Gasteiger partial charge in [-0.25, -0.2) is 0 Å². The maximum Gasteiger partial charge on any atom is 0.258 e. The predicted molar refractivity (Wildman–Crippen MR) is 129 cm³/mol. The molecule has 3 aliphatic rings. The standard InChI is InChI=1S/C26H32N2O8/c1-10-11-8-7-9-12(29)14(11)19(30)15-13(10)20(31)17-18(28(5)6)21(32)16(24(35)27-25(2,3)4)23(34)26(17,36)22(15)33/h7-10,13,17-18,20,29-31,34,36H,1-6H3,(H,27,35)/t10-,13+,17+,18-,20-,26-/m0/s1. The number of phenolic OH excluding ortho intramolecular Hbond substituents is 1. The molecule has 0 saturated heterocycles. The molecule has 6 N–H and O–H groups in total. The van der Waals surface area contributed by atoms with E-state index in [1.54, 1.807) is 39.8 Å². The van der Waals surface area contributed by atoms with Crippen molar-refractivity contribution in [2.75, 3.05) is 14.1 Å². The number of carbonyl (C=O) groups excluding carboxylic acids is 3. The highest BCUT2D eigenvalue weighted by Crippen LogP contribution is 2.56. The molecule has 1 aromatic carbocycles. The number of phenols is 1. The minimum absolute atomic E-state index is 0.0101. The summed E-state index contributed by atoms with van der Waals surface area (Å²) in [4.78, 5) is 42.0. The Hall–Kier alpha value is -3.21. The first-order valence-electron chi connectivity index (χ1n) is 11.7. The number of rotatable bonds is 2. The molecule has 0 bridgehead atoms. The van der Waals surface area contributed by atoms with Crippen LogP contribution in [-0.4, -0.2) is 85.3 Å². The number of nitrogens with one attached hydrogen (secondary N) is 1. The zero-order valence-corrected chi connectivity index (χ0v) is 21.0. The SMILES string of the molecule is C[C@H]1c2cccc(O)c2C(O)=C2C(=O)[C@]3(O)C(O)=C(C(=O)NC(C)(C)C)C(=O)[C@@H](N(C)C)[C@@H]3[C@@H](O)[C@@H]21. The molecule has 3 aliphatic carbocycles. The molecule has 0 aromatic heterocycles. The molecule has 4 rings (SSSR count). The normalized spacial score (nSPS) is 32.3. The van der Waals surface area contributed by atoms with Crippen molar-refractivity contribution in [3.63, 3.8) is 0 Å². The van der Waals surface area contributed by atoms with Crippen LogP contribution >= 0.6 is 0 Å². The van der Waals surface area contributed by atoms with Crippen LogP contribution in [0.15, 0.2) is 35.1 Å². The van der Waals surface area contributed by atoms with Gasteiger partial charge in [-0.3, -0.25) is 19.3 Å². The van der Waals surface area contributed by atoms with E-state index in [2.05, 4.69) is 5.32 Å². The topological polar surface area (TPSA) is 168 Å². The number of likely N-dealkylation sites (N-methyl/N-ethyl adjacent to an activating group) is 1. The molecule has 0 heterocycles. The van der Waals surface area contributed by atoms with Gasteiger partial charge in [0.1, 0.15) is 22.8 Å². The predicted octanol–water partition coefficient (Wildman–Crippen LogP) is 0.925. The lowest BCUT2D eigenvalue weighted by molar-refractivity contribution is -0.169. The van der Waals surface area contributed by atoms with Crippen LogP contribution in [0, 0.1) is 11.8 Å². The van der Waals surface area contributed by atoms with Gasteiger partial charge in [0.2, 0.25) is 5.78 Å². The van der Waals surface area contributed by atoms with E-state index in [0.29, 0.717) is 5.56 Å². The maximum absolute atomic E-state index is 14.0. The molecule has 1 amide bonds. The quantitative estimate of drug-likeness (QED) is 0.324. The molecular formula is C26H32N2O8. The zero-order valence-electron chi connectivity index (χ0n) is 21.0. The Morgan fingerprint density at radius 3 is 2.28 bits per heavy atom. The van der Waals surface area contributed by atoms with Crippen LogP contribution in [-0.2, 0) is 14.4 Å². The molecule has 6 atom stereocenters. The lowest BCUT2D eigenvalue weighted by Gasteiger charge is -2.53. The third kappa shape index (κ3) is 3.39. The molecule has 0 aliphatic heterocycles. The van der Waals surface area contributed by atoms with Crippen molar-refractivity contribution in [1.29, 1.82) is 0 Å². The fraction of sp³-hybridized carbons (Fsp3) is 0.500. The largest absolute Gasteiger partial charge is 0.508 e. The molecule has 10 nitrogen and oxygen atoms in total. The molecule has 10 heteroatoms. The number of amides is 1. The summed E-state index contributed by atoms with van der Waals surface area (Å²) in [6.07, 6.45) is -1.58. The van der Waals surface area contributed by atoms with Gasteiger partial charge < -0.3 is 30.8 Å². The van der Waals surface area contributed by atoms with Crippen molar-refractivity contribution in [3.8, 4) is 5.75 Å². The molecule has 0 spiro atoms. The van der Waals surface area contributed by atoms with Crippen molar-refractivity contribution < 1.29 is 39.9 Å². The van der Waals surface area contributed by atoms with Crippen molar-refractivity contribution in [1.82, 2.24) is 10.2 Å². The second-order valence-corrected chi connectivity index (χ2v) is 11.1. The summed E-state index contributed by atoms with van der Waals surface area (Å²) in [5.41, 5.74) is -4.38. The van der Waals surface area contributed by atoms with Crippen LogP contribution in [0.4, 0.5) is 0 Å². The Balaban J connectivity index is 2.02. The third-order valence-corrected chi connectivity index (χ3v) is 7.46. The van der Waals surface area contributed by atoms with Crippen molar-refractivity contribution in [2.24, 2.45) is 11.8 Å². The molecular weight excluding hydrogens is 468 g/mol. The van der Waals surface area contributed by atoms with Crippen molar-refractivity contribution in [3.05, 3.63) is 46.2 Å². The second kappa shape index (κ2) is 8.16. The van der Waals surface area contributed by atoms with Crippen LogP contribution in [0.5, 0.6) is 5.75 Å². The molecule has 1 saturated carbocycles. The molecule has 0 radical (unpaired) electrons. The van der Waals surface area contributed by atoms with E-state index in [4.69, 9.17) is 0 Å². The van der Waals surface area contributed by atoms with E-state index in [9.17, 15) is 39.9 Å². The van der Waals surface area contributed by atoms with Crippen molar-refractivity contribution >= 4 is 23.2 Å². The van der Waals surface area contributed by atoms with Crippen LogP contribution in [0.1, 0.15) is 44.7 Å². The van der Waals surface area contributed by atoms with Crippen molar-refractivity contribution in [2.45, 2.75) is 56.9 Å². The van der Waals surface area contributed by atoms with E-state index in [-0.39, 0.29) is 16.9 Å². The lowest BCUT2D eigenvalue weighted by atomic mass is 9.54. The summed E-state index contributed by atoms with van der Waals surface area (Å²) in [6, 6.07) is 3.20. The van der Waals surface area contributed by atoms with Gasteiger partial charge in [0.05, 0.1) is 23.6 Å². The average Bonchev–Trinajstić information content (AvgIpc) is 2.75. The fourth-order valence-electron chi connectivity index (χ4n) is 5.96. The Morgan fingerprint density at radius 2 is 1.72 bits per heavy atom. The molecule has 1 aromatic rings. The summed E-state index contributed by atoms with van der Waals surface area (Å²) < 4.78 is 0. The summed E-state index contributed by atoms with van der Waals surface area (Å²) in [7, 11) is 3.00. The van der Waals surface area contributed by atoms with E-state index in [1.165, 1.54) is 25.1 Å². The zero-order chi connectivity index (χ0) is 27.1. The number of aromatic hydroxyl groups is 1. The van der Waals surface area contributed by atoms with Gasteiger partial charge in [-0.15, -0.1) is 0 Å². The Kier molecular flexibility index (Phi) is 5.86. The fourth-order valence-corrected chi connectivity index (χ4v) is 5.96. The van der Waals surface area contributed by atoms with E-state index >= 15 is 0 Å². The minimum atomic E-state index is -2.88. The average molecular weight is 501 g/mol. The van der Waals surface area contributed by atoms with Crippen LogP contribution < -0.4 is 5.32 Å². The summed E-state index contributed by atoms with van der Waals surface area (Å²) in [5.74, 6) is -8.26. The molecule has 194 valence electrons. The van der Waals surface area contributed by atoms with Gasteiger partial charge in [0, 0.05) is 17.0 Å². The van der Waals surface area contributed by atoms with Gasteiger partial charge in [0.25, 0.3) is 5.91 Å². The number of aliphatic hydroxyl groups excluding tert-OH is 3. The number of Topliss-reactive ketones (excluding diaryl/α,β-unsaturated/α-hetero) is 2. The summed E-state index contributed by atoms with van der Waals surface area (Å²) >= 11 is 0. The van der Waals surface area contributed by atoms with E-state index in [1.807, 2.05) is 0 Å². The van der Waals surface area contributed by atoms with Crippen LogP contribution in [0.25, 0.3) is 5.76 Å². The maximum atomic E-state index is 14.0. The van der Waals surface area contributed by atoms with Crippen LogP contribution in [0.2, 0.25) is 0 Å². The number of aliphatic hydroxyl groups is 4. The number of hydrogen-bond acceptors (Lipinski definition) is 9. The highest BCUT2D eigenvalue weighted by Gasteiger charge is 2.68. The Labute approximate surface area is 208 Å². The molecule has 36 heavy (non-hydrogen) atoms. The number of carbonyl (C=O) groups is 3. The Bertz CT molecular complexity index is 1240.